The molecule has 3 aromatic heterocycles. The van der Waals surface area contributed by atoms with Gasteiger partial charge in [0.1, 0.15) is 6.04 Å². The molecule has 1 amide bonds. The van der Waals surface area contributed by atoms with Crippen molar-refractivity contribution in [2.45, 2.75) is 53.1 Å². The number of hydrogen-bond donors (Lipinski definition) is 1. The number of nitrogens with zero attached hydrogens (tertiary/aromatic N) is 5. The smallest absolute Gasteiger partial charge is 0.247 e. The van der Waals surface area contributed by atoms with E-state index < -0.39 is 0 Å². The molecule has 0 bridgehead atoms. The highest BCUT2D eigenvalue weighted by Crippen LogP contribution is 2.34. The van der Waals surface area contributed by atoms with Gasteiger partial charge in [0.15, 0.2) is 0 Å². The van der Waals surface area contributed by atoms with E-state index in [9.17, 15) is 4.79 Å². The van der Waals surface area contributed by atoms with Gasteiger partial charge < -0.3 is 15.0 Å². The summed E-state index contributed by atoms with van der Waals surface area (Å²) in [4.78, 5) is 23.3. The highest BCUT2D eigenvalue weighted by Gasteiger charge is 2.30. The first-order chi connectivity index (χ1) is 15.0. The first-order valence-electron chi connectivity index (χ1n) is 10.5. The molecule has 0 saturated carbocycles. The fourth-order valence-electron chi connectivity index (χ4n) is 4.00. The van der Waals surface area contributed by atoms with Crippen molar-refractivity contribution < 1.29 is 9.53 Å². The van der Waals surface area contributed by atoms with Crippen molar-refractivity contribution in [3.63, 3.8) is 0 Å². The minimum absolute atomic E-state index is 0. The monoisotopic (exact) mass is 436 g/mol. The highest BCUT2D eigenvalue weighted by molar-refractivity contribution is 6.04. The molecule has 0 saturated heterocycles. The van der Waals surface area contributed by atoms with Crippen molar-refractivity contribution in [2.75, 3.05) is 24.4 Å². The number of carbonyl (C=O) groups is 1. The average molecular weight is 437 g/mol. The van der Waals surface area contributed by atoms with Crippen molar-refractivity contribution >= 4 is 17.3 Å². The maximum atomic E-state index is 12.3. The van der Waals surface area contributed by atoms with E-state index in [2.05, 4.69) is 32.6 Å². The molecule has 0 aromatic carbocycles. The maximum Gasteiger partial charge on any atom is 0.247 e. The molecular weight excluding hydrogens is 404 g/mol. The summed E-state index contributed by atoms with van der Waals surface area (Å²) in [6, 6.07) is 5.80. The summed E-state index contributed by atoms with van der Waals surface area (Å²) in [5.74, 6) is 0.642. The molecule has 32 heavy (non-hydrogen) atoms. The second-order valence-corrected chi connectivity index (χ2v) is 7.87. The van der Waals surface area contributed by atoms with Crippen molar-refractivity contribution in [3.05, 3.63) is 59.3 Å². The first-order valence-corrected chi connectivity index (χ1v) is 10.5. The number of nitrogens with one attached hydrogen (secondary N) is 1. The molecule has 3 aromatic rings. The third kappa shape index (κ3) is 4.74. The Morgan fingerprint density at radius 3 is 2.69 bits per heavy atom. The number of rotatable bonds is 7. The van der Waals surface area contributed by atoms with Crippen LogP contribution in [0.1, 0.15) is 43.3 Å². The number of amides is 1. The lowest BCUT2D eigenvalue weighted by Crippen LogP contribution is -2.46. The van der Waals surface area contributed by atoms with E-state index in [0.717, 1.165) is 53.2 Å². The molecule has 0 aliphatic carbocycles. The number of pyridine rings is 2. The number of ether oxygens (including phenoxy) is 1. The van der Waals surface area contributed by atoms with Gasteiger partial charge in [0.25, 0.3) is 0 Å². The van der Waals surface area contributed by atoms with Crippen LogP contribution in [0.15, 0.2) is 36.8 Å². The molecular formula is C24H32N6O2. The van der Waals surface area contributed by atoms with E-state index >= 15 is 0 Å². The molecule has 8 heteroatoms. The van der Waals surface area contributed by atoms with Crippen LogP contribution in [0, 0.1) is 6.92 Å². The average Bonchev–Trinajstić information content (AvgIpc) is 3.21. The Balaban J connectivity index is 0.00000289. The molecule has 170 valence electrons. The minimum Gasteiger partial charge on any atom is -0.481 e. The second kappa shape index (κ2) is 9.80. The minimum atomic E-state index is -0.146. The van der Waals surface area contributed by atoms with Gasteiger partial charge >= 0.3 is 0 Å². The Morgan fingerprint density at radius 2 is 2.00 bits per heavy atom. The Morgan fingerprint density at radius 1 is 1.19 bits per heavy atom. The van der Waals surface area contributed by atoms with Crippen molar-refractivity contribution in [1.29, 1.82) is 0 Å². The summed E-state index contributed by atoms with van der Waals surface area (Å²) in [6.07, 6.45) is 8.19. The molecule has 1 atom stereocenters. The molecule has 4 rings (SSSR count). The van der Waals surface area contributed by atoms with Crippen molar-refractivity contribution in [2.24, 2.45) is 0 Å². The standard InChI is InChI=1S/C23H28N6O2.CH4/c1-5-19-23(30)27-22-15(2)26-18(10-20(22)28(19)3)8-6-17-12-25-29(14-17)13-16-7-9-21(31-4)24-11-16;/h7,9-12,14,19H,5-6,8,13H2,1-4H3,(H,27,30);1H4/t19-;/m0./s1. The lowest BCUT2D eigenvalue weighted by molar-refractivity contribution is -0.117. The summed E-state index contributed by atoms with van der Waals surface area (Å²) in [5.41, 5.74) is 5.95. The van der Waals surface area contributed by atoms with Gasteiger partial charge in [-0.3, -0.25) is 14.5 Å². The van der Waals surface area contributed by atoms with Gasteiger partial charge in [-0.25, -0.2) is 4.98 Å². The van der Waals surface area contributed by atoms with Gasteiger partial charge in [0, 0.05) is 31.2 Å². The fourth-order valence-corrected chi connectivity index (χ4v) is 4.00. The third-order valence-electron chi connectivity index (χ3n) is 5.73. The van der Waals surface area contributed by atoms with Crippen LogP contribution in [0.5, 0.6) is 5.88 Å². The lowest BCUT2D eigenvalue weighted by Gasteiger charge is -2.35. The van der Waals surface area contributed by atoms with E-state index in [4.69, 9.17) is 9.72 Å². The third-order valence-corrected chi connectivity index (χ3v) is 5.73. The number of methoxy groups -OCH3 is 1. The summed E-state index contributed by atoms with van der Waals surface area (Å²) >= 11 is 0. The Hall–Kier alpha value is -3.42. The molecule has 8 nitrogen and oxygen atoms in total. The molecule has 0 radical (unpaired) electrons. The number of carbonyl (C=O) groups excluding carboxylic acids is 1. The Labute approximate surface area is 189 Å². The largest absolute Gasteiger partial charge is 0.481 e. The number of anilines is 2. The molecule has 0 unspecified atom stereocenters. The van der Waals surface area contributed by atoms with Gasteiger partial charge in [-0.1, -0.05) is 20.4 Å². The number of aromatic nitrogens is 4. The number of hydrogen-bond acceptors (Lipinski definition) is 6. The van der Waals surface area contributed by atoms with Crippen LogP contribution >= 0.6 is 0 Å². The Bertz CT molecular complexity index is 1080. The van der Waals surface area contributed by atoms with Crippen LogP contribution in [0.2, 0.25) is 0 Å². The first kappa shape index (κ1) is 23.2. The van der Waals surface area contributed by atoms with Crippen LogP contribution in [0.3, 0.4) is 0 Å². The normalized spacial score (nSPS) is 15.1. The van der Waals surface area contributed by atoms with Crippen LogP contribution in [-0.4, -0.2) is 45.9 Å². The predicted octanol–water partition coefficient (Wildman–Crippen LogP) is 3.63. The van der Waals surface area contributed by atoms with Crippen molar-refractivity contribution in [3.8, 4) is 5.88 Å². The SMILES string of the molecule is C.CC[C@H]1C(=O)Nc2c(cc(CCc3cnn(Cc4ccc(OC)nc4)c3)nc2C)N1C. The fraction of sp³-hybridized carbons (Fsp3) is 0.417. The zero-order valence-corrected chi connectivity index (χ0v) is 18.4. The predicted molar refractivity (Wildman–Crippen MR) is 126 cm³/mol. The van der Waals surface area contributed by atoms with Gasteiger partial charge in [-0.05, 0) is 43.4 Å². The van der Waals surface area contributed by atoms with E-state index in [1.807, 2.05) is 43.9 Å². The van der Waals surface area contributed by atoms with Crippen LogP contribution in [-0.2, 0) is 24.2 Å². The van der Waals surface area contributed by atoms with Gasteiger partial charge in [-0.15, -0.1) is 0 Å². The van der Waals surface area contributed by atoms with Gasteiger partial charge in [0.05, 0.1) is 36.9 Å². The quantitative estimate of drug-likeness (QED) is 0.609. The van der Waals surface area contributed by atoms with Crippen LogP contribution in [0.4, 0.5) is 11.4 Å². The maximum absolute atomic E-state index is 12.3. The zero-order chi connectivity index (χ0) is 22.0. The topological polar surface area (TPSA) is 85.2 Å². The van der Waals surface area contributed by atoms with Crippen molar-refractivity contribution in [1.82, 2.24) is 19.7 Å². The van der Waals surface area contributed by atoms with Gasteiger partial charge in [0.2, 0.25) is 11.8 Å². The number of aryl methyl sites for hydroxylation is 3. The zero-order valence-electron chi connectivity index (χ0n) is 18.4. The van der Waals surface area contributed by atoms with E-state index in [-0.39, 0.29) is 19.4 Å². The molecule has 1 aliphatic rings. The molecule has 0 fully saturated rings. The van der Waals surface area contributed by atoms with Crippen LogP contribution in [0.25, 0.3) is 0 Å². The lowest BCUT2D eigenvalue weighted by atomic mass is 10.0. The number of likely N-dealkylation sites (N-methyl/N-ethyl adjacent to an activating group) is 1. The highest BCUT2D eigenvalue weighted by atomic mass is 16.5. The molecule has 1 N–H and O–H groups in total. The van der Waals surface area contributed by atoms with E-state index in [1.165, 1.54) is 0 Å². The Kier molecular flexibility index (Phi) is 7.12. The molecule has 0 spiro atoms. The summed E-state index contributed by atoms with van der Waals surface area (Å²) < 4.78 is 7.02. The summed E-state index contributed by atoms with van der Waals surface area (Å²) in [7, 11) is 3.59. The summed E-state index contributed by atoms with van der Waals surface area (Å²) in [6.45, 7) is 4.64. The second-order valence-electron chi connectivity index (χ2n) is 7.87. The summed E-state index contributed by atoms with van der Waals surface area (Å²) in [5, 5.41) is 7.50. The number of fused-ring (bicyclic) bond motifs is 1. The van der Waals surface area contributed by atoms with E-state index in [0.29, 0.717) is 12.4 Å². The van der Waals surface area contributed by atoms with E-state index in [1.54, 1.807) is 13.3 Å². The van der Waals surface area contributed by atoms with Crippen LogP contribution < -0.4 is 15.0 Å². The molecule has 4 heterocycles. The molecule has 1 aliphatic heterocycles. The van der Waals surface area contributed by atoms with Gasteiger partial charge in [-0.2, -0.15) is 5.10 Å².